The molecule has 5 N–H and O–H groups in total. The molecule has 23 heavy (non-hydrogen) atoms. The molecule has 2 aromatic carbocycles. The van der Waals surface area contributed by atoms with E-state index in [1.807, 2.05) is 0 Å². The first-order valence-electron chi connectivity index (χ1n) is 6.35. The van der Waals surface area contributed by atoms with Crippen molar-refractivity contribution in [2.45, 2.75) is 0 Å². The number of amidine groups is 1. The van der Waals surface area contributed by atoms with Crippen LogP contribution in [0.4, 0.5) is 20.4 Å². The van der Waals surface area contributed by atoms with Crippen LogP contribution in [0.2, 0.25) is 5.02 Å². The second kappa shape index (κ2) is 5.49. The zero-order chi connectivity index (χ0) is 16.7. The van der Waals surface area contributed by atoms with Crippen molar-refractivity contribution in [2.24, 2.45) is 0 Å². The average Bonchev–Trinajstić information content (AvgIpc) is 2.91. The van der Waals surface area contributed by atoms with Crippen LogP contribution in [0.25, 0.3) is 11.0 Å². The number of imidazole rings is 1. The Hall–Kier alpha value is -2.71. The number of rotatable bonds is 2. The molecule has 0 aliphatic heterocycles. The van der Waals surface area contributed by atoms with Gasteiger partial charge in [-0.2, -0.15) is 0 Å². The van der Waals surface area contributed by atoms with Crippen LogP contribution in [0.1, 0.15) is 5.56 Å². The Kier molecular flexibility index (Phi) is 3.63. The van der Waals surface area contributed by atoms with Crippen LogP contribution in [0.15, 0.2) is 30.3 Å². The monoisotopic (exact) mass is 337 g/mol. The molecule has 1 heterocycles. The molecule has 0 fully saturated rings. The zero-order valence-corrected chi connectivity index (χ0v) is 12.2. The Morgan fingerprint density at radius 1 is 1.35 bits per heavy atom. The Bertz CT molecular complexity index is 927. The number of nitrogens with two attached hydrogens (primary N) is 1. The van der Waals surface area contributed by atoms with Crippen LogP contribution in [-0.2, 0) is 0 Å². The molecule has 0 bridgehead atoms. The lowest BCUT2D eigenvalue weighted by Crippen LogP contribution is -2.27. The van der Waals surface area contributed by atoms with E-state index in [1.54, 1.807) is 12.1 Å². The van der Waals surface area contributed by atoms with Crippen molar-refractivity contribution in [3.63, 3.8) is 0 Å². The van der Waals surface area contributed by atoms with E-state index < -0.39 is 17.5 Å². The van der Waals surface area contributed by atoms with Gasteiger partial charge in [-0.3, -0.25) is 10.6 Å². The molecule has 6 nitrogen and oxygen atoms in total. The van der Waals surface area contributed by atoms with E-state index in [0.29, 0.717) is 10.1 Å². The lowest BCUT2D eigenvalue weighted by Gasteiger charge is -2.18. The van der Waals surface area contributed by atoms with Crippen LogP contribution in [0.3, 0.4) is 0 Å². The molecule has 9 heteroatoms. The third-order valence-corrected chi connectivity index (χ3v) is 3.43. The molecule has 0 saturated heterocycles. The number of aromatic amines is 1. The molecular formula is C14H10ClF2N5O. The first kappa shape index (κ1) is 15.2. The van der Waals surface area contributed by atoms with E-state index in [4.69, 9.17) is 22.7 Å². The van der Waals surface area contributed by atoms with Crippen molar-refractivity contribution < 1.29 is 14.0 Å². The fourth-order valence-corrected chi connectivity index (χ4v) is 2.34. The summed E-state index contributed by atoms with van der Waals surface area (Å²) >= 11 is 5.83. The first-order chi connectivity index (χ1) is 10.9. The number of hydrogen-bond acceptors (Lipinski definition) is 4. The highest BCUT2D eigenvalue weighted by Crippen LogP contribution is 2.26. The van der Waals surface area contributed by atoms with Crippen molar-refractivity contribution in [3.8, 4) is 0 Å². The van der Waals surface area contributed by atoms with Crippen LogP contribution in [0, 0.1) is 17.0 Å². The van der Waals surface area contributed by atoms with Crippen molar-refractivity contribution in [3.05, 3.63) is 52.6 Å². The molecule has 0 aliphatic rings. The standard InChI is InChI=1S/C14H10ClF2N5O/c15-6-2-1-3-7(4-6)22(23)13(18)8-5-9(16)10(17)12-11(8)20-14(19)21-12/h1-5,18,23H,(H3,19,20,21). The van der Waals surface area contributed by atoms with Gasteiger partial charge < -0.3 is 10.7 Å². The van der Waals surface area contributed by atoms with Gasteiger partial charge in [-0.1, -0.05) is 17.7 Å². The number of hydroxylamine groups is 1. The van der Waals surface area contributed by atoms with Crippen molar-refractivity contribution >= 4 is 40.1 Å². The van der Waals surface area contributed by atoms with Gasteiger partial charge in [0.2, 0.25) is 0 Å². The van der Waals surface area contributed by atoms with Crippen LogP contribution in [-0.4, -0.2) is 21.0 Å². The maximum Gasteiger partial charge on any atom is 0.198 e. The molecule has 3 rings (SSSR count). The van der Waals surface area contributed by atoms with Gasteiger partial charge in [0, 0.05) is 10.6 Å². The van der Waals surface area contributed by atoms with Crippen molar-refractivity contribution in [2.75, 3.05) is 10.8 Å². The average molecular weight is 338 g/mol. The summed E-state index contributed by atoms with van der Waals surface area (Å²) in [5.74, 6) is -3.02. The zero-order valence-electron chi connectivity index (χ0n) is 11.4. The Labute approximate surface area is 133 Å². The molecule has 0 saturated carbocycles. The van der Waals surface area contributed by atoms with Crippen LogP contribution < -0.4 is 10.8 Å². The van der Waals surface area contributed by atoms with Crippen molar-refractivity contribution in [1.82, 2.24) is 9.97 Å². The van der Waals surface area contributed by atoms with Gasteiger partial charge in [0.05, 0.1) is 11.2 Å². The number of halogens is 3. The van der Waals surface area contributed by atoms with E-state index in [9.17, 15) is 14.0 Å². The molecule has 0 unspecified atom stereocenters. The lowest BCUT2D eigenvalue weighted by molar-refractivity contribution is 0.312. The van der Waals surface area contributed by atoms with Gasteiger partial charge in [-0.15, -0.1) is 0 Å². The number of nitrogens with zero attached hydrogens (tertiary/aromatic N) is 2. The van der Waals surface area contributed by atoms with Gasteiger partial charge in [-0.25, -0.2) is 18.8 Å². The van der Waals surface area contributed by atoms with Gasteiger partial charge in [0.1, 0.15) is 5.52 Å². The van der Waals surface area contributed by atoms with E-state index in [2.05, 4.69) is 9.97 Å². The minimum atomic E-state index is -1.21. The van der Waals surface area contributed by atoms with Gasteiger partial charge in [0.25, 0.3) is 0 Å². The van der Waals surface area contributed by atoms with E-state index >= 15 is 0 Å². The highest BCUT2D eigenvalue weighted by Gasteiger charge is 2.22. The largest absolute Gasteiger partial charge is 0.369 e. The first-order valence-corrected chi connectivity index (χ1v) is 6.73. The summed E-state index contributed by atoms with van der Waals surface area (Å²) in [6.45, 7) is 0. The van der Waals surface area contributed by atoms with E-state index in [-0.39, 0.29) is 28.2 Å². The third-order valence-electron chi connectivity index (χ3n) is 3.20. The number of fused-ring (bicyclic) bond motifs is 1. The summed E-state index contributed by atoms with van der Waals surface area (Å²) in [6.07, 6.45) is 0. The van der Waals surface area contributed by atoms with Crippen molar-refractivity contribution in [1.29, 1.82) is 5.41 Å². The van der Waals surface area contributed by atoms with Gasteiger partial charge in [0.15, 0.2) is 23.4 Å². The summed E-state index contributed by atoms with van der Waals surface area (Å²) in [5.41, 5.74) is 5.21. The lowest BCUT2D eigenvalue weighted by atomic mass is 10.1. The predicted molar refractivity (Wildman–Crippen MR) is 83.0 cm³/mol. The number of nitrogen functional groups attached to an aromatic ring is 1. The Morgan fingerprint density at radius 2 is 2.09 bits per heavy atom. The van der Waals surface area contributed by atoms with Gasteiger partial charge >= 0.3 is 0 Å². The molecule has 118 valence electrons. The molecule has 1 aromatic heterocycles. The van der Waals surface area contributed by atoms with Crippen LogP contribution >= 0.6 is 11.6 Å². The number of hydrogen-bond donors (Lipinski definition) is 4. The quantitative estimate of drug-likeness (QED) is 0.327. The predicted octanol–water partition coefficient (Wildman–Crippen LogP) is 3.30. The minimum absolute atomic E-state index is 0.00692. The van der Waals surface area contributed by atoms with Crippen LogP contribution in [0.5, 0.6) is 0 Å². The second-order valence-electron chi connectivity index (χ2n) is 4.71. The molecule has 0 amide bonds. The van der Waals surface area contributed by atoms with E-state index in [1.165, 1.54) is 12.1 Å². The maximum absolute atomic E-state index is 13.8. The summed E-state index contributed by atoms with van der Waals surface area (Å²) in [4.78, 5) is 6.20. The number of benzene rings is 2. The fraction of sp³-hybridized carbons (Fsp3) is 0. The summed E-state index contributed by atoms with van der Waals surface area (Å²) < 4.78 is 27.5. The fourth-order valence-electron chi connectivity index (χ4n) is 2.16. The third kappa shape index (κ3) is 2.58. The van der Waals surface area contributed by atoms with Gasteiger partial charge in [-0.05, 0) is 24.3 Å². The second-order valence-corrected chi connectivity index (χ2v) is 5.14. The maximum atomic E-state index is 13.8. The summed E-state index contributed by atoms with van der Waals surface area (Å²) in [6, 6.07) is 6.86. The highest BCUT2D eigenvalue weighted by molar-refractivity contribution is 6.31. The summed E-state index contributed by atoms with van der Waals surface area (Å²) in [7, 11) is 0. The smallest absolute Gasteiger partial charge is 0.198 e. The molecular weight excluding hydrogens is 328 g/mol. The highest BCUT2D eigenvalue weighted by atomic mass is 35.5. The summed E-state index contributed by atoms with van der Waals surface area (Å²) in [5, 5.41) is 19.1. The molecule has 0 radical (unpaired) electrons. The minimum Gasteiger partial charge on any atom is -0.369 e. The van der Waals surface area contributed by atoms with E-state index in [0.717, 1.165) is 6.07 Å². The Morgan fingerprint density at radius 3 is 2.78 bits per heavy atom. The number of nitrogens with one attached hydrogen (secondary N) is 2. The number of H-pyrrole nitrogens is 1. The molecule has 0 atom stereocenters. The number of aromatic nitrogens is 2. The molecule has 0 aliphatic carbocycles. The SMILES string of the molecule is N=C(c1cc(F)c(F)c2nc(N)[nH]c12)N(O)c1cccc(Cl)c1. The topological polar surface area (TPSA) is 102 Å². The molecule has 0 spiro atoms. The normalized spacial score (nSPS) is 11.0. The number of anilines is 2. The Balaban J connectivity index is 2.12. The molecule has 3 aromatic rings.